The van der Waals surface area contributed by atoms with Gasteiger partial charge in [-0.15, -0.1) is 0 Å². The Labute approximate surface area is 136 Å². The minimum Gasteiger partial charge on any atom is -0.497 e. The Morgan fingerprint density at radius 3 is 2.36 bits per heavy atom. The maximum atomic E-state index is 5.92. The number of halogens is 1. The van der Waals surface area contributed by atoms with Crippen LogP contribution in [0.3, 0.4) is 0 Å². The van der Waals surface area contributed by atoms with Gasteiger partial charge in [0.15, 0.2) is 0 Å². The largest absolute Gasteiger partial charge is 0.497 e. The Morgan fingerprint density at radius 1 is 0.909 bits per heavy atom. The average Bonchev–Trinajstić information content (AvgIpc) is 2.52. The van der Waals surface area contributed by atoms with Gasteiger partial charge in [-0.3, -0.25) is 0 Å². The molecule has 0 aliphatic rings. The van der Waals surface area contributed by atoms with E-state index in [1.54, 1.807) is 7.11 Å². The summed E-state index contributed by atoms with van der Waals surface area (Å²) in [6.07, 6.45) is 1.87. The van der Waals surface area contributed by atoms with E-state index in [0.717, 1.165) is 40.7 Å². The van der Waals surface area contributed by atoms with Crippen LogP contribution in [0.2, 0.25) is 5.02 Å². The highest BCUT2D eigenvalue weighted by Gasteiger charge is 2.01. The van der Waals surface area contributed by atoms with Crippen molar-refractivity contribution in [3.05, 3.63) is 53.1 Å². The number of hydrogen-bond acceptors (Lipinski definition) is 3. The van der Waals surface area contributed by atoms with E-state index < -0.39 is 0 Å². The molecule has 2 aromatic carbocycles. The summed E-state index contributed by atoms with van der Waals surface area (Å²) in [5.41, 5.74) is 1.06. The minimum atomic E-state index is 0.663. The zero-order chi connectivity index (χ0) is 15.8. The van der Waals surface area contributed by atoms with E-state index >= 15 is 0 Å². The molecule has 0 N–H and O–H groups in total. The van der Waals surface area contributed by atoms with E-state index in [9.17, 15) is 0 Å². The van der Waals surface area contributed by atoms with Gasteiger partial charge in [0.2, 0.25) is 0 Å². The maximum absolute atomic E-state index is 5.92. The van der Waals surface area contributed by atoms with Crippen molar-refractivity contribution in [1.82, 2.24) is 0 Å². The monoisotopic (exact) mass is 320 g/mol. The summed E-state index contributed by atoms with van der Waals surface area (Å²) in [6.45, 7) is 3.33. The molecular formula is C18H21ClO3. The molecule has 3 nitrogen and oxygen atoms in total. The topological polar surface area (TPSA) is 27.7 Å². The number of benzene rings is 2. The minimum absolute atomic E-state index is 0.663. The maximum Gasteiger partial charge on any atom is 0.122 e. The van der Waals surface area contributed by atoms with Gasteiger partial charge in [0.05, 0.1) is 20.3 Å². The molecule has 4 heteroatoms. The molecule has 0 heterocycles. The zero-order valence-electron chi connectivity index (χ0n) is 13.0. The zero-order valence-corrected chi connectivity index (χ0v) is 13.7. The third-order valence-corrected chi connectivity index (χ3v) is 3.48. The number of rotatable bonds is 8. The lowest BCUT2D eigenvalue weighted by molar-refractivity contribution is 0.265. The van der Waals surface area contributed by atoms with Crippen LogP contribution in [-0.4, -0.2) is 20.3 Å². The van der Waals surface area contributed by atoms with Crippen LogP contribution in [0.4, 0.5) is 0 Å². The Morgan fingerprint density at radius 2 is 1.64 bits per heavy atom. The van der Waals surface area contributed by atoms with Crippen molar-refractivity contribution >= 4 is 11.6 Å². The first-order chi connectivity index (χ1) is 10.7. The van der Waals surface area contributed by atoms with Crippen molar-refractivity contribution in [2.45, 2.75) is 19.8 Å². The molecule has 0 atom stereocenters. The van der Waals surface area contributed by atoms with Crippen LogP contribution < -0.4 is 14.2 Å². The van der Waals surface area contributed by atoms with E-state index in [-0.39, 0.29) is 0 Å². The fraction of sp³-hybridized carbons (Fsp3) is 0.333. The van der Waals surface area contributed by atoms with Gasteiger partial charge in [0, 0.05) is 11.1 Å². The summed E-state index contributed by atoms with van der Waals surface area (Å²) >= 11 is 5.92. The lowest BCUT2D eigenvalue weighted by atomic mass is 10.2. The molecule has 0 aromatic heterocycles. The highest BCUT2D eigenvalue weighted by molar-refractivity contribution is 6.30. The number of ether oxygens (including phenoxy) is 3. The molecule has 0 saturated heterocycles. The fourth-order valence-electron chi connectivity index (χ4n) is 2.04. The second kappa shape index (κ2) is 8.54. The van der Waals surface area contributed by atoms with Crippen molar-refractivity contribution in [2.24, 2.45) is 0 Å². The SMILES string of the molecule is COc1cccc(OCCCCOc2ccc(Cl)cc2C)c1. The summed E-state index contributed by atoms with van der Waals surface area (Å²) < 4.78 is 16.6. The number of unbranched alkanes of at least 4 members (excludes halogenated alkanes) is 1. The highest BCUT2D eigenvalue weighted by atomic mass is 35.5. The average molecular weight is 321 g/mol. The Kier molecular flexibility index (Phi) is 6.41. The van der Waals surface area contributed by atoms with Crippen molar-refractivity contribution in [3.63, 3.8) is 0 Å². The molecule has 0 aliphatic carbocycles. The van der Waals surface area contributed by atoms with E-state index in [4.69, 9.17) is 25.8 Å². The number of hydrogen-bond donors (Lipinski definition) is 0. The van der Waals surface area contributed by atoms with Gasteiger partial charge in [-0.05, 0) is 55.7 Å². The molecule has 0 bridgehead atoms. The first-order valence-electron chi connectivity index (χ1n) is 7.35. The molecule has 0 radical (unpaired) electrons. The Bertz CT molecular complexity index is 599. The normalized spacial score (nSPS) is 10.3. The molecule has 0 spiro atoms. The molecule has 0 saturated carbocycles. The van der Waals surface area contributed by atoms with Gasteiger partial charge >= 0.3 is 0 Å². The van der Waals surface area contributed by atoms with Gasteiger partial charge in [0.25, 0.3) is 0 Å². The Balaban J connectivity index is 1.65. The predicted octanol–water partition coefficient (Wildman–Crippen LogP) is 4.90. The summed E-state index contributed by atoms with van der Waals surface area (Å²) in [6, 6.07) is 13.3. The second-order valence-electron chi connectivity index (χ2n) is 4.99. The van der Waals surface area contributed by atoms with Gasteiger partial charge in [-0.1, -0.05) is 17.7 Å². The Hall–Kier alpha value is -1.87. The van der Waals surface area contributed by atoms with Crippen LogP contribution >= 0.6 is 11.6 Å². The standard InChI is InChI=1S/C18H21ClO3/c1-14-12-15(19)8-9-18(14)22-11-4-3-10-21-17-7-5-6-16(13-17)20-2/h5-9,12-13H,3-4,10-11H2,1-2H3. The number of methoxy groups -OCH3 is 1. The molecule has 0 aliphatic heterocycles. The van der Waals surface area contributed by atoms with E-state index in [1.165, 1.54) is 0 Å². The predicted molar refractivity (Wildman–Crippen MR) is 89.4 cm³/mol. The summed E-state index contributed by atoms with van der Waals surface area (Å²) in [5, 5.41) is 0.733. The van der Waals surface area contributed by atoms with Crippen LogP contribution in [0.5, 0.6) is 17.2 Å². The smallest absolute Gasteiger partial charge is 0.122 e. The van der Waals surface area contributed by atoms with Gasteiger partial charge in [0.1, 0.15) is 17.2 Å². The van der Waals surface area contributed by atoms with Gasteiger partial charge < -0.3 is 14.2 Å². The molecule has 2 aromatic rings. The first-order valence-corrected chi connectivity index (χ1v) is 7.72. The molecule has 0 unspecified atom stereocenters. The van der Waals surface area contributed by atoms with E-state index in [2.05, 4.69) is 0 Å². The van der Waals surface area contributed by atoms with Gasteiger partial charge in [-0.25, -0.2) is 0 Å². The fourth-order valence-corrected chi connectivity index (χ4v) is 2.27. The van der Waals surface area contributed by atoms with Crippen molar-refractivity contribution in [2.75, 3.05) is 20.3 Å². The third-order valence-electron chi connectivity index (χ3n) is 3.24. The van der Waals surface area contributed by atoms with E-state index in [1.807, 2.05) is 49.4 Å². The second-order valence-corrected chi connectivity index (χ2v) is 5.43. The van der Waals surface area contributed by atoms with Crippen LogP contribution in [-0.2, 0) is 0 Å². The van der Waals surface area contributed by atoms with Crippen LogP contribution in [0.1, 0.15) is 18.4 Å². The molecule has 2 rings (SSSR count). The quantitative estimate of drug-likeness (QED) is 0.648. The van der Waals surface area contributed by atoms with E-state index in [0.29, 0.717) is 13.2 Å². The lowest BCUT2D eigenvalue weighted by Crippen LogP contribution is -2.03. The molecule has 0 amide bonds. The summed E-state index contributed by atoms with van der Waals surface area (Å²) in [7, 11) is 1.65. The van der Waals surface area contributed by atoms with Crippen LogP contribution in [0.25, 0.3) is 0 Å². The number of aryl methyl sites for hydroxylation is 1. The van der Waals surface area contributed by atoms with Crippen LogP contribution in [0.15, 0.2) is 42.5 Å². The molecule has 118 valence electrons. The summed E-state index contributed by atoms with van der Waals surface area (Å²) in [5.74, 6) is 2.52. The van der Waals surface area contributed by atoms with Crippen molar-refractivity contribution < 1.29 is 14.2 Å². The lowest BCUT2D eigenvalue weighted by Gasteiger charge is -2.10. The third kappa shape index (κ3) is 5.15. The molecule has 22 heavy (non-hydrogen) atoms. The van der Waals surface area contributed by atoms with Crippen LogP contribution in [0, 0.1) is 6.92 Å². The van der Waals surface area contributed by atoms with Crippen molar-refractivity contribution in [1.29, 1.82) is 0 Å². The summed E-state index contributed by atoms with van der Waals surface area (Å²) in [4.78, 5) is 0. The highest BCUT2D eigenvalue weighted by Crippen LogP contribution is 2.22. The van der Waals surface area contributed by atoms with Gasteiger partial charge in [-0.2, -0.15) is 0 Å². The molecular weight excluding hydrogens is 300 g/mol. The first kappa shape index (κ1) is 16.5. The molecule has 0 fully saturated rings. The van der Waals surface area contributed by atoms with Crippen molar-refractivity contribution in [3.8, 4) is 17.2 Å².